The van der Waals surface area contributed by atoms with Crippen molar-refractivity contribution < 1.29 is 10.2 Å². The van der Waals surface area contributed by atoms with Gasteiger partial charge in [-0.3, -0.25) is 4.99 Å². The number of aliphatic imine (C=N–C) groups is 1. The van der Waals surface area contributed by atoms with Crippen LogP contribution in [0.1, 0.15) is 26.3 Å². The van der Waals surface area contributed by atoms with E-state index in [0.717, 1.165) is 0 Å². The molecule has 0 aromatic heterocycles. The van der Waals surface area contributed by atoms with Gasteiger partial charge in [0.25, 0.3) is 0 Å². The molecule has 0 spiro atoms. The molecule has 1 atom stereocenters. The van der Waals surface area contributed by atoms with Crippen LogP contribution in [0.2, 0.25) is 5.02 Å². The van der Waals surface area contributed by atoms with Crippen molar-refractivity contribution in [3.05, 3.63) is 28.9 Å². The first-order valence-corrected chi connectivity index (χ1v) is 6.27. The van der Waals surface area contributed by atoms with E-state index in [1.165, 1.54) is 24.5 Å². The predicted octanol–water partition coefficient (Wildman–Crippen LogP) is 2.45. The molecule has 0 aliphatic rings. The number of halogens is 1. The van der Waals surface area contributed by atoms with Gasteiger partial charge in [0, 0.05) is 30.1 Å². The molecule has 0 amide bonds. The van der Waals surface area contributed by atoms with Crippen molar-refractivity contribution in [1.82, 2.24) is 0 Å². The van der Waals surface area contributed by atoms with Crippen molar-refractivity contribution >= 4 is 23.5 Å². The molecule has 0 fully saturated rings. The molecule has 1 rings (SSSR count). The lowest BCUT2D eigenvalue weighted by Crippen LogP contribution is -2.15. The summed E-state index contributed by atoms with van der Waals surface area (Å²) in [5.74, 6) is -0.592. The van der Waals surface area contributed by atoms with Gasteiger partial charge in [0.05, 0.1) is 10.7 Å². The van der Waals surface area contributed by atoms with E-state index in [9.17, 15) is 10.2 Å². The number of phenols is 2. The minimum Gasteiger partial charge on any atom is -0.504 e. The minimum atomic E-state index is -0.300. The molecule has 5 nitrogen and oxygen atoms in total. The standard InChI is InChI=1S/C11H14ClN3O2.C2H6/c1-6(14)5-15-9(4-13)7-2-10(16)11(17)3-8(7)12;1-2/h2-6,16-17H,13-14H2,1H3;1-2H3/b9-4-,15-5?;. The number of rotatable bonds is 3. The van der Waals surface area contributed by atoms with E-state index in [1.807, 2.05) is 13.8 Å². The Bertz CT molecular complexity index is 471. The van der Waals surface area contributed by atoms with Crippen molar-refractivity contribution in [3.63, 3.8) is 0 Å². The fourth-order valence-corrected chi connectivity index (χ4v) is 1.40. The van der Waals surface area contributed by atoms with E-state index in [0.29, 0.717) is 11.3 Å². The summed E-state index contributed by atoms with van der Waals surface area (Å²) in [4.78, 5) is 4.05. The topological polar surface area (TPSA) is 105 Å². The molecule has 0 saturated carbocycles. The Balaban J connectivity index is 0.00000154. The first-order chi connectivity index (χ1) is 8.95. The molecule has 1 aromatic rings. The summed E-state index contributed by atoms with van der Waals surface area (Å²) in [6, 6.07) is 2.28. The molecule has 1 unspecified atom stereocenters. The second kappa shape index (κ2) is 8.39. The quantitative estimate of drug-likeness (QED) is 0.506. The monoisotopic (exact) mass is 285 g/mol. The van der Waals surface area contributed by atoms with Crippen LogP contribution in [-0.4, -0.2) is 22.5 Å². The van der Waals surface area contributed by atoms with Gasteiger partial charge in [-0.2, -0.15) is 0 Å². The van der Waals surface area contributed by atoms with Gasteiger partial charge in [0.15, 0.2) is 11.5 Å². The van der Waals surface area contributed by atoms with E-state index >= 15 is 0 Å². The normalized spacial score (nSPS) is 13.0. The highest BCUT2D eigenvalue weighted by atomic mass is 35.5. The third-order valence-electron chi connectivity index (χ3n) is 1.95. The Morgan fingerprint density at radius 3 is 2.32 bits per heavy atom. The third kappa shape index (κ3) is 5.19. The number of nitrogens with zero attached hydrogens (tertiary/aromatic N) is 1. The van der Waals surface area contributed by atoms with Gasteiger partial charge < -0.3 is 21.7 Å². The fraction of sp³-hybridized carbons (Fsp3) is 0.308. The number of nitrogens with two attached hydrogens (primary N) is 2. The molecular formula is C13H20ClN3O2. The summed E-state index contributed by atoms with van der Waals surface area (Å²) in [5.41, 5.74) is 11.7. The molecule has 19 heavy (non-hydrogen) atoms. The lowest BCUT2D eigenvalue weighted by molar-refractivity contribution is 0.403. The zero-order chi connectivity index (χ0) is 15.0. The SMILES string of the molecule is CC.CC(N)C=N/C(=C\N)c1cc(O)c(O)cc1Cl. The van der Waals surface area contributed by atoms with Crippen molar-refractivity contribution in [2.24, 2.45) is 16.5 Å². The van der Waals surface area contributed by atoms with E-state index in [2.05, 4.69) is 4.99 Å². The Labute approximate surface area is 118 Å². The molecule has 6 N–H and O–H groups in total. The maximum absolute atomic E-state index is 9.39. The van der Waals surface area contributed by atoms with Crippen molar-refractivity contribution in [3.8, 4) is 11.5 Å². The van der Waals surface area contributed by atoms with Crippen LogP contribution in [0.15, 0.2) is 23.3 Å². The first-order valence-electron chi connectivity index (χ1n) is 5.89. The molecule has 0 aliphatic carbocycles. The number of benzene rings is 1. The van der Waals surface area contributed by atoms with Gasteiger partial charge in [0.2, 0.25) is 0 Å². The van der Waals surface area contributed by atoms with Gasteiger partial charge in [0.1, 0.15) is 0 Å². The van der Waals surface area contributed by atoms with E-state index in [1.54, 1.807) is 6.92 Å². The summed E-state index contributed by atoms with van der Waals surface area (Å²) in [6.45, 7) is 5.76. The lowest BCUT2D eigenvalue weighted by atomic mass is 10.1. The molecule has 1 aromatic carbocycles. The molecule has 0 saturated heterocycles. The van der Waals surface area contributed by atoms with Crippen LogP contribution in [0.4, 0.5) is 0 Å². The Hall–Kier alpha value is -1.72. The number of phenolic OH excluding ortho intramolecular Hbond substituents is 2. The highest BCUT2D eigenvalue weighted by molar-refractivity contribution is 6.32. The van der Waals surface area contributed by atoms with Crippen LogP contribution in [0.5, 0.6) is 11.5 Å². The van der Waals surface area contributed by atoms with E-state index in [-0.39, 0.29) is 22.6 Å². The van der Waals surface area contributed by atoms with Crippen LogP contribution in [0, 0.1) is 0 Å². The smallest absolute Gasteiger partial charge is 0.158 e. The van der Waals surface area contributed by atoms with E-state index in [4.69, 9.17) is 23.1 Å². The highest BCUT2D eigenvalue weighted by Crippen LogP contribution is 2.34. The summed E-state index contributed by atoms with van der Waals surface area (Å²) in [5, 5.41) is 18.9. The lowest BCUT2D eigenvalue weighted by Gasteiger charge is -2.07. The van der Waals surface area contributed by atoms with Crippen LogP contribution in [0.25, 0.3) is 5.70 Å². The molecular weight excluding hydrogens is 266 g/mol. The molecule has 106 valence electrons. The maximum Gasteiger partial charge on any atom is 0.158 e. The highest BCUT2D eigenvalue weighted by Gasteiger charge is 2.10. The fourth-order valence-electron chi connectivity index (χ4n) is 1.15. The van der Waals surface area contributed by atoms with Crippen molar-refractivity contribution in [2.75, 3.05) is 0 Å². The third-order valence-corrected chi connectivity index (χ3v) is 2.26. The molecule has 0 aliphatic heterocycles. The molecule has 6 heteroatoms. The maximum atomic E-state index is 9.39. The zero-order valence-corrected chi connectivity index (χ0v) is 12.0. The second-order valence-electron chi connectivity index (χ2n) is 3.51. The van der Waals surface area contributed by atoms with Gasteiger partial charge in [-0.05, 0) is 13.0 Å². The van der Waals surface area contributed by atoms with Crippen LogP contribution in [-0.2, 0) is 0 Å². The Kier molecular flexibility index (Phi) is 7.63. The number of aromatic hydroxyl groups is 2. The van der Waals surface area contributed by atoms with Crippen LogP contribution >= 0.6 is 11.6 Å². The van der Waals surface area contributed by atoms with Gasteiger partial charge >= 0.3 is 0 Å². The van der Waals surface area contributed by atoms with Gasteiger partial charge in [-0.1, -0.05) is 25.4 Å². The second-order valence-corrected chi connectivity index (χ2v) is 3.92. The van der Waals surface area contributed by atoms with Crippen LogP contribution < -0.4 is 11.5 Å². The summed E-state index contributed by atoms with van der Waals surface area (Å²) in [6.07, 6.45) is 2.75. The zero-order valence-electron chi connectivity index (χ0n) is 11.3. The van der Waals surface area contributed by atoms with Gasteiger partial charge in [-0.25, -0.2) is 0 Å². The molecule has 0 bridgehead atoms. The van der Waals surface area contributed by atoms with Gasteiger partial charge in [-0.15, -0.1) is 0 Å². The summed E-state index contributed by atoms with van der Waals surface area (Å²) < 4.78 is 0. The molecule has 0 heterocycles. The van der Waals surface area contributed by atoms with Crippen molar-refractivity contribution in [2.45, 2.75) is 26.8 Å². The predicted molar refractivity (Wildman–Crippen MR) is 80.4 cm³/mol. The van der Waals surface area contributed by atoms with Crippen molar-refractivity contribution in [1.29, 1.82) is 0 Å². The summed E-state index contributed by atoms with van der Waals surface area (Å²) >= 11 is 5.92. The Morgan fingerprint density at radius 2 is 1.84 bits per heavy atom. The number of hydrogen-bond acceptors (Lipinski definition) is 5. The largest absolute Gasteiger partial charge is 0.504 e. The molecule has 0 radical (unpaired) electrons. The minimum absolute atomic E-state index is 0.227. The van der Waals surface area contributed by atoms with Crippen LogP contribution in [0.3, 0.4) is 0 Å². The average molecular weight is 286 g/mol. The summed E-state index contributed by atoms with van der Waals surface area (Å²) in [7, 11) is 0. The Morgan fingerprint density at radius 1 is 1.32 bits per heavy atom. The average Bonchev–Trinajstić information content (AvgIpc) is 2.38. The number of hydrogen-bond donors (Lipinski definition) is 4. The first kappa shape index (κ1) is 17.3. The van der Waals surface area contributed by atoms with E-state index < -0.39 is 0 Å².